The van der Waals surface area contributed by atoms with E-state index in [0.29, 0.717) is 0 Å². The second kappa shape index (κ2) is 6.19. The van der Waals surface area contributed by atoms with Crippen molar-refractivity contribution in [3.05, 3.63) is 48.8 Å². The molecule has 1 aromatic heterocycles. The number of benzene rings is 2. The molecule has 1 N–H and O–H groups in total. The first-order valence-electron chi connectivity index (χ1n) is 6.94. The summed E-state index contributed by atoms with van der Waals surface area (Å²) in [6, 6.07) is 14.0. The molecule has 3 rings (SSSR count). The number of rotatable bonds is 4. The van der Waals surface area contributed by atoms with Gasteiger partial charge in [0.2, 0.25) is 5.91 Å². The number of hydrogen-bond acceptors (Lipinski definition) is 4. The third-order valence-corrected chi connectivity index (χ3v) is 4.49. The van der Waals surface area contributed by atoms with Crippen LogP contribution in [0.4, 0.5) is 5.69 Å². The van der Waals surface area contributed by atoms with Crippen LogP contribution in [-0.2, 0) is 11.8 Å². The number of aromatic nitrogens is 3. The molecule has 22 heavy (non-hydrogen) atoms. The Hall–Kier alpha value is -2.34. The number of carbonyl (C=O) groups excluding carboxylic acids is 1. The molecule has 1 heterocycles. The average molecular weight is 312 g/mol. The number of hydrogen-bond donors (Lipinski definition) is 1. The molecule has 0 radical (unpaired) electrons. The molecule has 0 bridgehead atoms. The third kappa shape index (κ3) is 3.12. The summed E-state index contributed by atoms with van der Waals surface area (Å²) < 4.78 is 1.80. The van der Waals surface area contributed by atoms with E-state index in [-0.39, 0.29) is 11.2 Å². The molecule has 0 saturated carbocycles. The van der Waals surface area contributed by atoms with Gasteiger partial charge in [0.1, 0.15) is 6.33 Å². The van der Waals surface area contributed by atoms with Gasteiger partial charge in [0.15, 0.2) is 5.16 Å². The van der Waals surface area contributed by atoms with Gasteiger partial charge in [0.05, 0.1) is 5.25 Å². The Bertz CT molecular complexity index is 815. The standard InChI is InChI=1S/C16H16N4OS/c1-11(22-16-19-17-10-20(16)2)15(21)18-14-8-7-12-5-3-4-6-13(12)9-14/h3-11H,1-2H3,(H,18,21)/t11-/m0/s1. The molecule has 0 aliphatic heterocycles. The SMILES string of the molecule is C[C@H](Sc1nncn1C)C(=O)Nc1ccc2ccccc2c1. The molecule has 2 aromatic carbocycles. The molecular weight excluding hydrogens is 296 g/mol. The number of anilines is 1. The fourth-order valence-electron chi connectivity index (χ4n) is 2.10. The van der Waals surface area contributed by atoms with Crippen LogP contribution in [0.2, 0.25) is 0 Å². The summed E-state index contributed by atoms with van der Waals surface area (Å²) in [6.45, 7) is 1.86. The van der Waals surface area contributed by atoms with Gasteiger partial charge in [-0.25, -0.2) is 0 Å². The van der Waals surface area contributed by atoms with Gasteiger partial charge in [0, 0.05) is 12.7 Å². The van der Waals surface area contributed by atoms with Crippen molar-refractivity contribution in [2.45, 2.75) is 17.3 Å². The molecular formula is C16H16N4OS. The van der Waals surface area contributed by atoms with Crippen LogP contribution in [0.15, 0.2) is 53.9 Å². The quantitative estimate of drug-likeness (QED) is 0.752. The van der Waals surface area contributed by atoms with E-state index in [9.17, 15) is 4.79 Å². The fourth-order valence-corrected chi connectivity index (χ4v) is 2.89. The summed E-state index contributed by atoms with van der Waals surface area (Å²) >= 11 is 1.39. The molecule has 0 saturated heterocycles. The minimum absolute atomic E-state index is 0.0525. The normalized spacial score (nSPS) is 12.3. The van der Waals surface area contributed by atoms with Gasteiger partial charge >= 0.3 is 0 Å². The topological polar surface area (TPSA) is 59.8 Å². The van der Waals surface area contributed by atoms with Crippen LogP contribution < -0.4 is 5.32 Å². The second-order valence-corrected chi connectivity index (χ2v) is 6.34. The maximum absolute atomic E-state index is 12.3. The van der Waals surface area contributed by atoms with Crippen LogP contribution in [0, 0.1) is 0 Å². The van der Waals surface area contributed by atoms with Crippen LogP contribution in [0.5, 0.6) is 0 Å². The van der Waals surface area contributed by atoms with Gasteiger partial charge in [-0.15, -0.1) is 10.2 Å². The van der Waals surface area contributed by atoms with Crippen LogP contribution in [-0.4, -0.2) is 25.9 Å². The van der Waals surface area contributed by atoms with E-state index in [1.165, 1.54) is 11.8 Å². The molecule has 1 amide bonds. The summed E-state index contributed by atoms with van der Waals surface area (Å²) in [6.07, 6.45) is 1.62. The van der Waals surface area contributed by atoms with E-state index in [1.807, 2.05) is 56.4 Å². The number of carbonyl (C=O) groups is 1. The molecule has 0 aliphatic carbocycles. The number of amides is 1. The highest BCUT2D eigenvalue weighted by molar-refractivity contribution is 8.00. The predicted molar refractivity (Wildman–Crippen MR) is 88.9 cm³/mol. The van der Waals surface area contributed by atoms with Crippen LogP contribution in [0.3, 0.4) is 0 Å². The van der Waals surface area contributed by atoms with Crippen molar-refractivity contribution in [1.82, 2.24) is 14.8 Å². The lowest BCUT2D eigenvalue weighted by Crippen LogP contribution is -2.22. The maximum Gasteiger partial charge on any atom is 0.237 e. The Morgan fingerprint density at radius 2 is 2.00 bits per heavy atom. The van der Waals surface area contributed by atoms with Crippen molar-refractivity contribution in [3.8, 4) is 0 Å². The van der Waals surface area contributed by atoms with E-state index in [4.69, 9.17) is 0 Å². The zero-order chi connectivity index (χ0) is 15.5. The Kier molecular flexibility index (Phi) is 4.11. The zero-order valence-corrected chi connectivity index (χ0v) is 13.2. The van der Waals surface area contributed by atoms with Crippen molar-refractivity contribution < 1.29 is 4.79 Å². The number of fused-ring (bicyclic) bond motifs is 1. The number of thioether (sulfide) groups is 1. The van der Waals surface area contributed by atoms with Crippen molar-refractivity contribution in [3.63, 3.8) is 0 Å². The van der Waals surface area contributed by atoms with Gasteiger partial charge in [-0.05, 0) is 29.8 Å². The highest BCUT2D eigenvalue weighted by Crippen LogP contribution is 2.23. The van der Waals surface area contributed by atoms with Crippen LogP contribution >= 0.6 is 11.8 Å². The van der Waals surface area contributed by atoms with E-state index >= 15 is 0 Å². The molecule has 0 unspecified atom stereocenters. The molecule has 3 aromatic rings. The van der Waals surface area contributed by atoms with E-state index in [2.05, 4.69) is 15.5 Å². The summed E-state index contributed by atoms with van der Waals surface area (Å²) in [5.74, 6) is -0.0525. The third-order valence-electron chi connectivity index (χ3n) is 3.34. The van der Waals surface area contributed by atoms with Gasteiger partial charge in [0.25, 0.3) is 0 Å². The van der Waals surface area contributed by atoms with Gasteiger partial charge < -0.3 is 9.88 Å². The first kappa shape index (κ1) is 14.6. The Morgan fingerprint density at radius 3 is 2.73 bits per heavy atom. The van der Waals surface area contributed by atoms with Crippen molar-refractivity contribution in [2.24, 2.45) is 7.05 Å². The van der Waals surface area contributed by atoms with Gasteiger partial charge in [-0.1, -0.05) is 42.1 Å². The molecule has 6 heteroatoms. The zero-order valence-electron chi connectivity index (χ0n) is 12.4. The largest absolute Gasteiger partial charge is 0.325 e. The molecule has 0 spiro atoms. The minimum atomic E-state index is -0.255. The first-order valence-corrected chi connectivity index (χ1v) is 7.82. The average Bonchev–Trinajstić information content (AvgIpc) is 2.92. The maximum atomic E-state index is 12.3. The molecule has 112 valence electrons. The molecule has 0 aliphatic rings. The lowest BCUT2D eigenvalue weighted by molar-refractivity contribution is -0.115. The Labute approximate surface area is 132 Å². The van der Waals surface area contributed by atoms with Gasteiger partial charge in [-0.2, -0.15) is 0 Å². The summed E-state index contributed by atoms with van der Waals surface area (Å²) in [5.41, 5.74) is 0.800. The first-order chi connectivity index (χ1) is 10.6. The predicted octanol–water partition coefficient (Wildman–Crippen LogP) is 3.09. The summed E-state index contributed by atoms with van der Waals surface area (Å²) in [4.78, 5) is 12.3. The van der Waals surface area contributed by atoms with E-state index < -0.39 is 0 Å². The number of nitrogens with zero attached hydrogens (tertiary/aromatic N) is 3. The van der Waals surface area contributed by atoms with E-state index in [1.54, 1.807) is 10.9 Å². The highest BCUT2D eigenvalue weighted by atomic mass is 32.2. The monoisotopic (exact) mass is 312 g/mol. The number of aryl methyl sites for hydroxylation is 1. The molecule has 5 nitrogen and oxygen atoms in total. The van der Waals surface area contributed by atoms with Gasteiger partial charge in [-0.3, -0.25) is 4.79 Å². The Balaban J connectivity index is 1.70. The minimum Gasteiger partial charge on any atom is -0.325 e. The van der Waals surface area contributed by atoms with Crippen molar-refractivity contribution in [2.75, 3.05) is 5.32 Å². The molecule has 0 fully saturated rings. The summed E-state index contributed by atoms with van der Waals surface area (Å²) in [5, 5.41) is 13.5. The second-order valence-electron chi connectivity index (χ2n) is 5.04. The van der Waals surface area contributed by atoms with Crippen molar-refractivity contribution in [1.29, 1.82) is 0 Å². The highest BCUT2D eigenvalue weighted by Gasteiger charge is 2.17. The van der Waals surface area contributed by atoms with E-state index in [0.717, 1.165) is 21.6 Å². The lowest BCUT2D eigenvalue weighted by Gasteiger charge is -2.11. The van der Waals surface area contributed by atoms with Crippen molar-refractivity contribution >= 4 is 34.1 Å². The Morgan fingerprint density at radius 1 is 1.23 bits per heavy atom. The van der Waals surface area contributed by atoms with Crippen LogP contribution in [0.1, 0.15) is 6.92 Å². The number of nitrogens with one attached hydrogen (secondary N) is 1. The lowest BCUT2D eigenvalue weighted by atomic mass is 10.1. The summed E-state index contributed by atoms with van der Waals surface area (Å²) in [7, 11) is 1.86. The smallest absolute Gasteiger partial charge is 0.237 e. The van der Waals surface area contributed by atoms with Crippen LogP contribution in [0.25, 0.3) is 10.8 Å². The fraction of sp³-hybridized carbons (Fsp3) is 0.188. The molecule has 1 atom stereocenters.